The summed E-state index contributed by atoms with van der Waals surface area (Å²) in [5.41, 5.74) is -0.650. The second kappa shape index (κ2) is 4.48. The second-order valence-electron chi connectivity index (χ2n) is 3.86. The summed E-state index contributed by atoms with van der Waals surface area (Å²) in [6.45, 7) is 1.51. The molecule has 2 aromatic rings. The molecule has 0 fully saturated rings. The first kappa shape index (κ1) is 12.7. The van der Waals surface area contributed by atoms with Gasteiger partial charge in [0, 0.05) is 21.5 Å². The average Bonchev–Trinajstić information content (AvgIpc) is 2.63. The van der Waals surface area contributed by atoms with Crippen molar-refractivity contribution in [3.63, 3.8) is 0 Å². The monoisotopic (exact) mass is 318 g/mol. The quantitative estimate of drug-likeness (QED) is 0.885. The number of hydrogen-bond donors (Lipinski definition) is 1. The molecule has 17 heavy (non-hydrogen) atoms. The maximum Gasteiger partial charge on any atom is 0.126 e. The van der Waals surface area contributed by atoms with Gasteiger partial charge in [0.15, 0.2) is 0 Å². The van der Waals surface area contributed by atoms with Gasteiger partial charge in [0.2, 0.25) is 0 Å². The maximum atomic E-state index is 13.1. The van der Waals surface area contributed by atoms with E-state index in [4.69, 9.17) is 0 Å². The minimum absolute atomic E-state index is 0.189. The Bertz CT molecular complexity index is 531. The highest BCUT2D eigenvalue weighted by molar-refractivity contribution is 9.10. The molecule has 0 bridgehead atoms. The maximum absolute atomic E-state index is 13.1. The van der Waals surface area contributed by atoms with Crippen molar-refractivity contribution < 1.29 is 13.9 Å². The SMILES string of the molecule is CC(O)(c1cc(F)cc(F)c1)c1cscc1Br. The van der Waals surface area contributed by atoms with E-state index in [1.54, 1.807) is 10.8 Å². The van der Waals surface area contributed by atoms with E-state index in [2.05, 4.69) is 15.9 Å². The molecule has 1 atom stereocenters. The molecule has 1 aromatic heterocycles. The van der Waals surface area contributed by atoms with Crippen LogP contribution in [0.2, 0.25) is 0 Å². The molecule has 0 spiro atoms. The molecule has 0 saturated carbocycles. The number of benzene rings is 1. The Morgan fingerprint density at radius 2 is 1.76 bits per heavy atom. The smallest absolute Gasteiger partial charge is 0.126 e. The number of aliphatic hydroxyl groups is 1. The third-order valence-corrected chi connectivity index (χ3v) is 4.27. The third kappa shape index (κ3) is 2.41. The van der Waals surface area contributed by atoms with E-state index in [0.29, 0.717) is 5.56 Å². The van der Waals surface area contributed by atoms with E-state index < -0.39 is 17.2 Å². The molecule has 0 aliphatic carbocycles. The van der Waals surface area contributed by atoms with Crippen LogP contribution < -0.4 is 0 Å². The van der Waals surface area contributed by atoms with Crippen molar-refractivity contribution in [2.45, 2.75) is 12.5 Å². The summed E-state index contributed by atoms with van der Waals surface area (Å²) >= 11 is 4.70. The molecule has 0 aliphatic rings. The predicted octanol–water partition coefficient (Wildman–Crippen LogP) is 4.04. The number of halogens is 3. The Morgan fingerprint density at radius 3 is 2.24 bits per heavy atom. The minimum atomic E-state index is -1.43. The van der Waals surface area contributed by atoms with Gasteiger partial charge in [-0.2, -0.15) is 11.3 Å². The highest BCUT2D eigenvalue weighted by Crippen LogP contribution is 2.36. The van der Waals surface area contributed by atoms with E-state index >= 15 is 0 Å². The summed E-state index contributed by atoms with van der Waals surface area (Å²) in [6, 6.07) is 3.04. The van der Waals surface area contributed by atoms with Crippen molar-refractivity contribution in [3.05, 3.63) is 56.2 Å². The molecule has 0 aliphatic heterocycles. The van der Waals surface area contributed by atoms with Gasteiger partial charge in [-0.1, -0.05) is 0 Å². The van der Waals surface area contributed by atoms with E-state index in [1.807, 2.05) is 0 Å². The fourth-order valence-corrected chi connectivity index (χ4v) is 3.40. The Labute approximate surface area is 110 Å². The van der Waals surface area contributed by atoms with Gasteiger partial charge < -0.3 is 5.11 Å². The molecule has 1 unspecified atom stereocenters. The molecule has 1 N–H and O–H groups in total. The van der Waals surface area contributed by atoms with Crippen LogP contribution in [0.1, 0.15) is 18.1 Å². The van der Waals surface area contributed by atoms with Gasteiger partial charge >= 0.3 is 0 Å². The topological polar surface area (TPSA) is 20.2 Å². The first-order valence-electron chi connectivity index (χ1n) is 4.82. The van der Waals surface area contributed by atoms with Crippen LogP contribution in [0.15, 0.2) is 33.4 Å². The standard InChI is InChI=1S/C12H9BrF2OS/c1-12(16,10-5-17-6-11(10)13)7-2-8(14)4-9(15)3-7/h2-6,16H,1H3. The summed E-state index contributed by atoms with van der Waals surface area (Å²) in [5.74, 6) is -1.40. The van der Waals surface area contributed by atoms with Crippen molar-refractivity contribution in [2.75, 3.05) is 0 Å². The zero-order valence-corrected chi connectivity index (χ0v) is 11.3. The van der Waals surface area contributed by atoms with E-state index in [0.717, 1.165) is 22.7 Å². The predicted molar refractivity (Wildman–Crippen MR) is 67.0 cm³/mol. The van der Waals surface area contributed by atoms with Crippen LogP contribution in [-0.4, -0.2) is 5.11 Å². The van der Waals surface area contributed by atoms with Crippen LogP contribution in [0.3, 0.4) is 0 Å². The second-order valence-corrected chi connectivity index (χ2v) is 5.46. The minimum Gasteiger partial charge on any atom is -0.381 e. The van der Waals surface area contributed by atoms with Crippen LogP contribution in [0.25, 0.3) is 0 Å². The van der Waals surface area contributed by atoms with Crippen LogP contribution >= 0.6 is 27.3 Å². The zero-order valence-electron chi connectivity index (χ0n) is 8.88. The molecule has 1 heterocycles. The molecule has 2 rings (SSSR count). The van der Waals surface area contributed by atoms with Crippen molar-refractivity contribution in [1.29, 1.82) is 0 Å². The highest BCUT2D eigenvalue weighted by atomic mass is 79.9. The fraction of sp³-hybridized carbons (Fsp3) is 0.167. The van der Waals surface area contributed by atoms with Gasteiger partial charge in [-0.15, -0.1) is 0 Å². The Morgan fingerprint density at radius 1 is 1.18 bits per heavy atom. The molecular weight excluding hydrogens is 310 g/mol. The lowest BCUT2D eigenvalue weighted by atomic mass is 9.90. The molecule has 1 nitrogen and oxygen atoms in total. The Kier molecular flexibility index (Phi) is 3.34. The molecular formula is C12H9BrF2OS. The molecule has 0 radical (unpaired) electrons. The molecule has 0 amide bonds. The Balaban J connectivity index is 2.55. The number of hydrogen-bond acceptors (Lipinski definition) is 2. The number of thiophene rings is 1. The normalized spacial score (nSPS) is 14.6. The van der Waals surface area contributed by atoms with E-state index in [-0.39, 0.29) is 5.56 Å². The van der Waals surface area contributed by atoms with Gasteiger partial charge in [-0.25, -0.2) is 8.78 Å². The lowest BCUT2D eigenvalue weighted by Gasteiger charge is -2.24. The molecule has 90 valence electrons. The summed E-state index contributed by atoms with van der Waals surface area (Å²) in [7, 11) is 0. The Hall–Kier alpha value is -0.780. The summed E-state index contributed by atoms with van der Waals surface area (Å²) in [6.07, 6.45) is 0. The largest absolute Gasteiger partial charge is 0.381 e. The molecule has 5 heteroatoms. The lowest BCUT2D eigenvalue weighted by Crippen LogP contribution is -2.23. The van der Waals surface area contributed by atoms with Crippen molar-refractivity contribution in [3.8, 4) is 0 Å². The van der Waals surface area contributed by atoms with Gasteiger partial charge in [-0.05, 0) is 45.9 Å². The first-order chi connectivity index (χ1) is 7.91. The van der Waals surface area contributed by atoms with E-state index in [9.17, 15) is 13.9 Å². The summed E-state index contributed by atoms with van der Waals surface area (Å²) < 4.78 is 27.0. The van der Waals surface area contributed by atoms with Gasteiger partial charge in [0.1, 0.15) is 17.2 Å². The van der Waals surface area contributed by atoms with Crippen molar-refractivity contribution >= 4 is 27.3 Å². The zero-order chi connectivity index (χ0) is 12.6. The average molecular weight is 319 g/mol. The summed E-state index contributed by atoms with van der Waals surface area (Å²) in [4.78, 5) is 0. The van der Waals surface area contributed by atoms with Gasteiger partial charge in [0.25, 0.3) is 0 Å². The highest BCUT2D eigenvalue weighted by Gasteiger charge is 2.29. The fourth-order valence-electron chi connectivity index (χ4n) is 1.62. The van der Waals surface area contributed by atoms with Crippen LogP contribution in [0.5, 0.6) is 0 Å². The van der Waals surface area contributed by atoms with Crippen LogP contribution in [0, 0.1) is 11.6 Å². The van der Waals surface area contributed by atoms with Gasteiger partial charge in [-0.3, -0.25) is 0 Å². The molecule has 0 saturated heterocycles. The van der Waals surface area contributed by atoms with Crippen LogP contribution in [-0.2, 0) is 5.60 Å². The van der Waals surface area contributed by atoms with Crippen molar-refractivity contribution in [2.24, 2.45) is 0 Å². The lowest BCUT2D eigenvalue weighted by molar-refractivity contribution is 0.101. The van der Waals surface area contributed by atoms with E-state index in [1.165, 1.54) is 18.3 Å². The van der Waals surface area contributed by atoms with Crippen LogP contribution in [0.4, 0.5) is 8.78 Å². The van der Waals surface area contributed by atoms with Gasteiger partial charge in [0.05, 0.1) is 0 Å². The number of rotatable bonds is 2. The van der Waals surface area contributed by atoms with Crippen molar-refractivity contribution in [1.82, 2.24) is 0 Å². The third-order valence-electron chi connectivity index (χ3n) is 2.56. The first-order valence-corrected chi connectivity index (χ1v) is 6.56. The molecule has 1 aromatic carbocycles. The summed E-state index contributed by atoms with van der Waals surface area (Å²) in [5, 5.41) is 14.0.